The molecule has 4 nitrogen and oxygen atoms in total. The lowest BCUT2D eigenvalue weighted by molar-refractivity contribution is -0.119. The van der Waals surface area contributed by atoms with Crippen LogP contribution in [0.1, 0.15) is 60.3 Å². The molecule has 0 aromatic carbocycles. The summed E-state index contributed by atoms with van der Waals surface area (Å²) < 4.78 is 4.91. The molecule has 1 aliphatic carbocycles. The summed E-state index contributed by atoms with van der Waals surface area (Å²) in [5.41, 5.74) is 1.66. The lowest BCUT2D eigenvalue weighted by Gasteiger charge is -2.12. The molecule has 0 bridgehead atoms. The normalized spacial score (nSPS) is 15.2. The van der Waals surface area contributed by atoms with Gasteiger partial charge in [-0.15, -0.1) is 11.3 Å². The molecule has 1 aromatic rings. The van der Waals surface area contributed by atoms with Crippen molar-refractivity contribution in [1.82, 2.24) is 0 Å². The van der Waals surface area contributed by atoms with E-state index in [1.165, 1.54) is 23.3 Å². The zero-order valence-corrected chi connectivity index (χ0v) is 13.8. The van der Waals surface area contributed by atoms with Gasteiger partial charge in [0, 0.05) is 10.8 Å². The first-order chi connectivity index (χ1) is 10.1. The zero-order valence-electron chi connectivity index (χ0n) is 13.0. The van der Waals surface area contributed by atoms with Gasteiger partial charge < -0.3 is 10.1 Å². The second-order valence-corrected chi connectivity index (χ2v) is 6.69. The summed E-state index contributed by atoms with van der Waals surface area (Å²) in [6, 6.07) is 0. The Morgan fingerprint density at radius 2 is 2.05 bits per heavy atom. The number of ether oxygens (including phenoxy) is 1. The maximum atomic E-state index is 12.2. The molecule has 0 aliphatic heterocycles. The summed E-state index contributed by atoms with van der Waals surface area (Å²) >= 11 is 1.54. The Labute approximate surface area is 129 Å². The van der Waals surface area contributed by atoms with E-state index in [2.05, 4.69) is 12.2 Å². The van der Waals surface area contributed by atoms with Gasteiger partial charge in [0.1, 0.15) is 5.00 Å². The molecule has 0 fully saturated rings. The van der Waals surface area contributed by atoms with Crippen LogP contribution in [0.5, 0.6) is 0 Å². The van der Waals surface area contributed by atoms with Crippen LogP contribution in [-0.4, -0.2) is 19.0 Å². The standard InChI is InChI=1S/C16H23NO3S/c1-4-7-10(2)14(18)17-15-13(16(19)20-3)11-8-5-6-9-12(11)21-15/h10H,4-9H2,1-3H3,(H,17,18). The smallest absolute Gasteiger partial charge is 0.341 e. The van der Waals surface area contributed by atoms with Crippen molar-refractivity contribution in [3.63, 3.8) is 0 Å². The first-order valence-corrected chi connectivity index (χ1v) is 8.43. The highest BCUT2D eigenvalue weighted by molar-refractivity contribution is 7.17. The number of rotatable bonds is 5. The van der Waals surface area contributed by atoms with Crippen LogP contribution in [0.2, 0.25) is 0 Å². The fourth-order valence-corrected chi connectivity index (χ4v) is 4.05. The molecule has 1 N–H and O–H groups in total. The van der Waals surface area contributed by atoms with Crippen molar-refractivity contribution < 1.29 is 14.3 Å². The number of carbonyl (C=O) groups is 2. The van der Waals surface area contributed by atoms with Crippen molar-refractivity contribution in [3.8, 4) is 0 Å². The molecule has 1 aromatic heterocycles. The molecule has 2 rings (SSSR count). The van der Waals surface area contributed by atoms with E-state index < -0.39 is 0 Å². The summed E-state index contributed by atoms with van der Waals surface area (Å²) in [6.45, 7) is 3.98. The van der Waals surface area contributed by atoms with Crippen molar-refractivity contribution >= 4 is 28.2 Å². The Bertz CT molecular complexity index is 536. The number of fused-ring (bicyclic) bond motifs is 1. The number of amides is 1. The Hall–Kier alpha value is -1.36. The maximum absolute atomic E-state index is 12.2. The first-order valence-electron chi connectivity index (χ1n) is 7.62. The fraction of sp³-hybridized carbons (Fsp3) is 0.625. The predicted molar refractivity (Wildman–Crippen MR) is 85.0 cm³/mol. The lowest BCUT2D eigenvalue weighted by atomic mass is 9.95. The van der Waals surface area contributed by atoms with Gasteiger partial charge in [-0.1, -0.05) is 20.3 Å². The van der Waals surface area contributed by atoms with E-state index >= 15 is 0 Å². The van der Waals surface area contributed by atoms with Crippen LogP contribution < -0.4 is 5.32 Å². The van der Waals surface area contributed by atoms with Crippen LogP contribution in [0.3, 0.4) is 0 Å². The Balaban J connectivity index is 2.28. The lowest BCUT2D eigenvalue weighted by Crippen LogP contribution is -2.21. The fourth-order valence-electron chi connectivity index (χ4n) is 2.77. The van der Waals surface area contributed by atoms with Gasteiger partial charge in [0.15, 0.2) is 0 Å². The topological polar surface area (TPSA) is 55.4 Å². The first kappa shape index (κ1) is 16.0. The number of hydrogen-bond acceptors (Lipinski definition) is 4. The number of methoxy groups -OCH3 is 1. The SMILES string of the molecule is CCCC(C)C(=O)Nc1sc2c(c1C(=O)OC)CCCC2. The van der Waals surface area contributed by atoms with E-state index in [-0.39, 0.29) is 17.8 Å². The van der Waals surface area contributed by atoms with Crippen LogP contribution in [0, 0.1) is 5.92 Å². The molecule has 116 valence electrons. The summed E-state index contributed by atoms with van der Waals surface area (Å²) in [5, 5.41) is 3.61. The van der Waals surface area contributed by atoms with Gasteiger partial charge in [0.05, 0.1) is 12.7 Å². The quantitative estimate of drug-likeness (QED) is 0.842. The van der Waals surface area contributed by atoms with Gasteiger partial charge >= 0.3 is 5.97 Å². The summed E-state index contributed by atoms with van der Waals surface area (Å²) in [5.74, 6) is -0.395. The minimum absolute atomic E-state index is 0.0133. The average Bonchev–Trinajstić information content (AvgIpc) is 2.84. The van der Waals surface area contributed by atoms with Gasteiger partial charge in [0.2, 0.25) is 5.91 Å². The highest BCUT2D eigenvalue weighted by Gasteiger charge is 2.27. The second kappa shape index (κ2) is 7.07. The van der Waals surface area contributed by atoms with Crippen molar-refractivity contribution in [1.29, 1.82) is 0 Å². The predicted octanol–water partition coefficient (Wildman–Crippen LogP) is 3.79. The molecule has 1 amide bonds. The van der Waals surface area contributed by atoms with Crippen molar-refractivity contribution in [2.75, 3.05) is 12.4 Å². The molecule has 5 heteroatoms. The van der Waals surface area contributed by atoms with Gasteiger partial charge in [-0.05, 0) is 37.7 Å². The van der Waals surface area contributed by atoms with Crippen LogP contribution in [0.15, 0.2) is 0 Å². The molecule has 1 unspecified atom stereocenters. The third-order valence-corrected chi connectivity index (χ3v) is 5.17. The monoisotopic (exact) mass is 309 g/mol. The molecule has 0 saturated carbocycles. The number of nitrogens with one attached hydrogen (secondary N) is 1. The van der Waals surface area contributed by atoms with Crippen LogP contribution in [0.4, 0.5) is 5.00 Å². The third-order valence-electron chi connectivity index (χ3n) is 3.97. The molecular weight excluding hydrogens is 286 g/mol. The minimum atomic E-state index is -0.340. The molecule has 0 radical (unpaired) electrons. The van der Waals surface area contributed by atoms with Crippen LogP contribution in [-0.2, 0) is 22.4 Å². The number of carbonyl (C=O) groups excluding carboxylic acids is 2. The molecule has 1 heterocycles. The Morgan fingerprint density at radius 3 is 2.71 bits per heavy atom. The van der Waals surface area contributed by atoms with E-state index in [9.17, 15) is 9.59 Å². The van der Waals surface area contributed by atoms with Crippen molar-refractivity contribution in [3.05, 3.63) is 16.0 Å². The molecule has 0 spiro atoms. The largest absolute Gasteiger partial charge is 0.465 e. The third kappa shape index (κ3) is 3.46. The van der Waals surface area contributed by atoms with Crippen molar-refractivity contribution in [2.45, 2.75) is 52.4 Å². The van der Waals surface area contributed by atoms with E-state index in [4.69, 9.17) is 4.74 Å². The number of hydrogen-bond donors (Lipinski definition) is 1. The maximum Gasteiger partial charge on any atom is 0.341 e. The van der Waals surface area contributed by atoms with Crippen LogP contribution >= 0.6 is 11.3 Å². The van der Waals surface area contributed by atoms with E-state index in [0.29, 0.717) is 10.6 Å². The molecular formula is C16H23NO3S. The van der Waals surface area contributed by atoms with E-state index in [0.717, 1.165) is 44.1 Å². The minimum Gasteiger partial charge on any atom is -0.465 e. The number of anilines is 1. The number of esters is 1. The molecule has 0 saturated heterocycles. The molecule has 1 aliphatic rings. The molecule has 1 atom stereocenters. The Morgan fingerprint density at radius 1 is 1.33 bits per heavy atom. The highest BCUT2D eigenvalue weighted by atomic mass is 32.1. The number of aryl methyl sites for hydroxylation is 1. The summed E-state index contributed by atoms with van der Waals surface area (Å²) in [4.78, 5) is 25.5. The van der Waals surface area contributed by atoms with E-state index in [1.807, 2.05) is 6.92 Å². The van der Waals surface area contributed by atoms with E-state index in [1.54, 1.807) is 0 Å². The second-order valence-electron chi connectivity index (χ2n) is 5.59. The van der Waals surface area contributed by atoms with Gasteiger partial charge in [-0.25, -0.2) is 4.79 Å². The average molecular weight is 309 g/mol. The van der Waals surface area contributed by atoms with Crippen molar-refractivity contribution in [2.24, 2.45) is 5.92 Å². The van der Waals surface area contributed by atoms with Crippen LogP contribution in [0.25, 0.3) is 0 Å². The van der Waals surface area contributed by atoms with Gasteiger partial charge in [0.25, 0.3) is 0 Å². The Kier molecular flexibility index (Phi) is 5.39. The van der Waals surface area contributed by atoms with Gasteiger partial charge in [-0.3, -0.25) is 4.79 Å². The summed E-state index contributed by atoms with van der Waals surface area (Å²) in [7, 11) is 1.39. The zero-order chi connectivity index (χ0) is 15.4. The highest BCUT2D eigenvalue weighted by Crippen LogP contribution is 2.38. The van der Waals surface area contributed by atoms with Gasteiger partial charge in [-0.2, -0.15) is 0 Å². The molecule has 21 heavy (non-hydrogen) atoms. The number of thiophene rings is 1. The summed E-state index contributed by atoms with van der Waals surface area (Å²) in [6.07, 6.45) is 5.95.